The summed E-state index contributed by atoms with van der Waals surface area (Å²) in [6, 6.07) is 0. The first-order chi connectivity index (χ1) is 15.7. The second-order valence-corrected chi connectivity index (χ2v) is 6.11. The number of aliphatic carboxylic acids is 1. The van der Waals surface area contributed by atoms with Gasteiger partial charge in [0, 0.05) is 13.2 Å². The number of hydrogen-bond acceptors (Lipinski definition) is 10. The highest BCUT2D eigenvalue weighted by Crippen LogP contribution is 1.85. The number of hydrogen-bond donors (Lipinski definition) is 2. The smallest absolute Gasteiger partial charge is 0.329 e. The maximum atomic E-state index is 11.3. The zero-order chi connectivity index (χ0) is 23.5. The zero-order valence-corrected chi connectivity index (χ0v) is 19.1. The molecule has 2 N–H and O–H groups in total. The Hall–Kier alpha value is -1.38. The van der Waals surface area contributed by atoms with Crippen LogP contribution in [0.15, 0.2) is 0 Å². The van der Waals surface area contributed by atoms with E-state index in [1.807, 2.05) is 6.92 Å². The number of carbonyl (C=O) groups excluding carboxylic acids is 1. The molecule has 0 aliphatic rings. The van der Waals surface area contributed by atoms with Crippen LogP contribution in [-0.4, -0.2) is 129 Å². The van der Waals surface area contributed by atoms with Crippen molar-refractivity contribution >= 4 is 11.9 Å². The molecule has 0 fully saturated rings. The number of ether oxygens (including phenoxy) is 8. The Morgan fingerprint density at radius 1 is 0.562 bits per heavy atom. The molecule has 0 saturated heterocycles. The van der Waals surface area contributed by atoms with Gasteiger partial charge in [-0.15, -0.1) is 0 Å². The van der Waals surface area contributed by atoms with E-state index in [0.29, 0.717) is 99.0 Å². The van der Waals surface area contributed by atoms with Crippen molar-refractivity contribution in [2.24, 2.45) is 0 Å². The summed E-state index contributed by atoms with van der Waals surface area (Å²) >= 11 is 0. The van der Waals surface area contributed by atoms with Gasteiger partial charge >= 0.3 is 5.97 Å². The van der Waals surface area contributed by atoms with E-state index in [1.54, 1.807) is 0 Å². The fourth-order valence-corrected chi connectivity index (χ4v) is 2.01. The van der Waals surface area contributed by atoms with Crippen LogP contribution < -0.4 is 5.32 Å². The molecule has 12 nitrogen and oxygen atoms in total. The molecule has 0 aliphatic heterocycles. The van der Waals surface area contributed by atoms with Crippen molar-refractivity contribution in [2.45, 2.75) is 6.92 Å². The molecule has 1 amide bonds. The number of nitrogens with one attached hydrogen (secondary N) is 1. The van der Waals surface area contributed by atoms with Gasteiger partial charge in [0.1, 0.15) is 13.2 Å². The Kier molecular flexibility index (Phi) is 24.8. The lowest BCUT2D eigenvalue weighted by molar-refractivity contribution is -0.143. The maximum Gasteiger partial charge on any atom is 0.329 e. The molecule has 0 unspecified atom stereocenters. The summed E-state index contributed by atoms with van der Waals surface area (Å²) in [6.45, 7) is 8.48. The number of amides is 1. The van der Waals surface area contributed by atoms with Crippen LogP contribution in [0.4, 0.5) is 0 Å². The Balaban J connectivity index is 3.09. The van der Waals surface area contributed by atoms with Crippen LogP contribution >= 0.6 is 0 Å². The van der Waals surface area contributed by atoms with Crippen LogP contribution in [0.1, 0.15) is 6.92 Å². The fourth-order valence-electron chi connectivity index (χ4n) is 2.01. The van der Waals surface area contributed by atoms with Gasteiger partial charge in [-0.25, -0.2) is 4.79 Å². The second kappa shape index (κ2) is 25.9. The molecule has 12 heteroatoms. The molecule has 0 aromatic carbocycles. The monoisotopic (exact) mass is 469 g/mol. The maximum absolute atomic E-state index is 11.3. The second-order valence-electron chi connectivity index (χ2n) is 6.11. The fraction of sp³-hybridized carbons (Fsp3) is 0.900. The lowest BCUT2D eigenvalue weighted by Crippen LogP contribution is -2.31. The third-order valence-electron chi connectivity index (χ3n) is 3.46. The van der Waals surface area contributed by atoms with E-state index in [9.17, 15) is 9.59 Å². The van der Waals surface area contributed by atoms with Crippen LogP contribution in [0, 0.1) is 0 Å². The van der Waals surface area contributed by atoms with Gasteiger partial charge in [0.2, 0.25) is 5.91 Å². The van der Waals surface area contributed by atoms with Crippen molar-refractivity contribution in [3.05, 3.63) is 0 Å². The lowest BCUT2D eigenvalue weighted by Gasteiger charge is -2.08. The van der Waals surface area contributed by atoms with Gasteiger partial charge < -0.3 is 48.3 Å². The summed E-state index contributed by atoms with van der Waals surface area (Å²) in [4.78, 5) is 21.5. The van der Waals surface area contributed by atoms with Crippen LogP contribution in [0.2, 0.25) is 0 Å². The van der Waals surface area contributed by atoms with Crippen molar-refractivity contribution in [3.8, 4) is 0 Å². The van der Waals surface area contributed by atoms with Crippen LogP contribution in [0.3, 0.4) is 0 Å². The molecule has 190 valence electrons. The third kappa shape index (κ3) is 26.7. The molecular weight excluding hydrogens is 430 g/mol. The summed E-state index contributed by atoms with van der Waals surface area (Å²) in [6.07, 6.45) is 0. The van der Waals surface area contributed by atoms with Gasteiger partial charge in [-0.2, -0.15) is 0 Å². The number of carboxylic acids is 1. The van der Waals surface area contributed by atoms with Gasteiger partial charge in [-0.05, 0) is 6.92 Å². The Morgan fingerprint density at radius 3 is 1.31 bits per heavy atom. The first-order valence-electron chi connectivity index (χ1n) is 10.8. The Morgan fingerprint density at radius 2 is 0.938 bits per heavy atom. The lowest BCUT2D eigenvalue weighted by atomic mass is 10.6. The molecule has 0 atom stereocenters. The van der Waals surface area contributed by atoms with Gasteiger partial charge in [0.05, 0.1) is 85.9 Å². The van der Waals surface area contributed by atoms with Crippen LogP contribution in [0.25, 0.3) is 0 Å². The van der Waals surface area contributed by atoms with Crippen molar-refractivity contribution in [1.29, 1.82) is 0 Å². The first-order valence-corrected chi connectivity index (χ1v) is 10.8. The number of carboxylic acid groups (broad SMARTS) is 1. The molecule has 32 heavy (non-hydrogen) atoms. The van der Waals surface area contributed by atoms with Crippen molar-refractivity contribution in [2.75, 3.05) is 112 Å². The summed E-state index contributed by atoms with van der Waals surface area (Å²) in [5, 5.41) is 10.9. The minimum absolute atomic E-state index is 0.292. The van der Waals surface area contributed by atoms with Gasteiger partial charge in [-0.3, -0.25) is 4.79 Å². The largest absolute Gasteiger partial charge is 0.480 e. The van der Waals surface area contributed by atoms with E-state index in [1.165, 1.54) is 0 Å². The molecule has 0 heterocycles. The summed E-state index contributed by atoms with van der Waals surface area (Å²) in [5.74, 6) is -1.51. The molecule has 0 rings (SSSR count). The molecule has 0 aromatic rings. The van der Waals surface area contributed by atoms with Crippen molar-refractivity contribution in [3.63, 3.8) is 0 Å². The molecular formula is C20H39NO11. The van der Waals surface area contributed by atoms with E-state index in [0.717, 1.165) is 0 Å². The zero-order valence-electron chi connectivity index (χ0n) is 19.1. The molecule has 0 aliphatic carbocycles. The molecule has 0 aromatic heterocycles. The minimum Gasteiger partial charge on any atom is -0.480 e. The normalized spacial score (nSPS) is 11.0. The molecule has 0 saturated carbocycles. The Bertz CT molecular complexity index is 426. The van der Waals surface area contributed by atoms with E-state index < -0.39 is 18.5 Å². The van der Waals surface area contributed by atoms with Gasteiger partial charge in [0.25, 0.3) is 0 Å². The van der Waals surface area contributed by atoms with Crippen molar-refractivity contribution < 1.29 is 52.6 Å². The van der Waals surface area contributed by atoms with Crippen molar-refractivity contribution in [1.82, 2.24) is 5.32 Å². The minimum atomic E-state index is -1.12. The van der Waals surface area contributed by atoms with E-state index in [4.69, 9.17) is 38.3 Å². The predicted octanol–water partition coefficient (Wildman–Crippen LogP) is -0.660. The molecule has 0 radical (unpaired) electrons. The number of carbonyl (C=O) groups is 2. The first kappa shape index (κ1) is 30.6. The van der Waals surface area contributed by atoms with Gasteiger partial charge in [0.15, 0.2) is 0 Å². The topological polar surface area (TPSA) is 140 Å². The van der Waals surface area contributed by atoms with Crippen LogP contribution in [0.5, 0.6) is 0 Å². The summed E-state index contributed by atoms with van der Waals surface area (Å²) in [5.41, 5.74) is 0. The highest BCUT2D eigenvalue weighted by atomic mass is 16.6. The van der Waals surface area contributed by atoms with E-state index in [2.05, 4.69) is 10.1 Å². The highest BCUT2D eigenvalue weighted by molar-refractivity contribution is 5.77. The quantitative estimate of drug-likeness (QED) is 0.156. The molecule has 0 spiro atoms. The van der Waals surface area contributed by atoms with Gasteiger partial charge in [-0.1, -0.05) is 0 Å². The summed E-state index contributed by atoms with van der Waals surface area (Å²) < 4.78 is 41.9. The van der Waals surface area contributed by atoms with Crippen LogP contribution in [-0.2, 0) is 47.5 Å². The number of rotatable bonds is 26. The average molecular weight is 470 g/mol. The highest BCUT2D eigenvalue weighted by Gasteiger charge is 2.03. The SMILES string of the molecule is CCOCCOCCOCCOCCOCCOCCOCCNC(=O)COCC(=O)O. The summed E-state index contributed by atoms with van der Waals surface area (Å²) in [7, 11) is 0. The third-order valence-corrected chi connectivity index (χ3v) is 3.46. The van der Waals surface area contributed by atoms with E-state index >= 15 is 0 Å². The molecule has 0 bridgehead atoms. The standard InChI is InChI=1S/C20H39NO11/c1-2-25-5-6-27-9-10-29-13-14-31-16-15-30-12-11-28-8-7-26-4-3-21-19(22)17-32-18-20(23)24/h2-18H2,1H3,(H,21,22)(H,23,24). The predicted molar refractivity (Wildman–Crippen MR) is 113 cm³/mol. The average Bonchev–Trinajstić information content (AvgIpc) is 2.77. The van der Waals surface area contributed by atoms with E-state index in [-0.39, 0.29) is 6.61 Å². The Labute approximate surface area is 189 Å².